The molecule has 0 N–H and O–H groups in total. The minimum Gasteiger partial charge on any atom is -0.485 e. The zero-order chi connectivity index (χ0) is 29.6. The number of piperidine rings is 1. The van der Waals surface area contributed by atoms with Gasteiger partial charge < -0.3 is 18.9 Å². The van der Waals surface area contributed by atoms with E-state index in [4.69, 9.17) is 18.9 Å². The van der Waals surface area contributed by atoms with Crippen LogP contribution in [-0.4, -0.2) is 35.4 Å². The number of likely N-dealkylation sites (tertiary alicyclic amines) is 1. The summed E-state index contributed by atoms with van der Waals surface area (Å²) >= 11 is 0. The second-order valence-corrected chi connectivity index (χ2v) is 9.55. The van der Waals surface area contributed by atoms with Crippen molar-refractivity contribution in [1.29, 1.82) is 5.26 Å². The van der Waals surface area contributed by atoms with E-state index in [9.17, 15) is 18.8 Å². The van der Waals surface area contributed by atoms with Gasteiger partial charge in [0, 0.05) is 19.0 Å². The number of benzene rings is 2. The van der Waals surface area contributed by atoms with Gasteiger partial charge in [0.05, 0.1) is 18.2 Å². The molecule has 42 heavy (non-hydrogen) atoms. The molecule has 1 aliphatic heterocycles. The minimum atomic E-state index is -1.68. The smallest absolute Gasteiger partial charge is 0.412 e. The molecule has 1 fully saturated rings. The van der Waals surface area contributed by atoms with E-state index < -0.39 is 41.5 Å². The summed E-state index contributed by atoms with van der Waals surface area (Å²) < 4.78 is 67.6. The van der Waals surface area contributed by atoms with Gasteiger partial charge in [-0.2, -0.15) is 23.4 Å². The predicted molar refractivity (Wildman–Crippen MR) is 144 cm³/mol. The number of aromatic nitrogens is 1. The lowest BCUT2D eigenvalue weighted by Gasteiger charge is -2.40. The molecule has 0 radical (unpaired) electrons. The molecule has 1 aliphatic carbocycles. The summed E-state index contributed by atoms with van der Waals surface area (Å²) in [6, 6.07) is 15.3. The van der Waals surface area contributed by atoms with E-state index in [2.05, 4.69) is 4.98 Å². The highest BCUT2D eigenvalue weighted by molar-refractivity contribution is 5.68. The lowest BCUT2D eigenvalue weighted by atomic mass is 9.84. The summed E-state index contributed by atoms with van der Waals surface area (Å²) in [4.78, 5) is 17.2. The first-order valence-electron chi connectivity index (χ1n) is 13.3. The van der Waals surface area contributed by atoms with Crippen molar-refractivity contribution in [3.63, 3.8) is 0 Å². The molecule has 1 saturated heterocycles. The quantitative estimate of drug-likeness (QED) is 0.272. The molecule has 0 spiro atoms. The number of carbonyl (C=O) groups is 1. The van der Waals surface area contributed by atoms with Crippen molar-refractivity contribution in [2.75, 3.05) is 13.2 Å². The number of hydrogen-bond acceptors (Lipinski definition) is 7. The average Bonchev–Trinajstić information content (AvgIpc) is 3.01. The van der Waals surface area contributed by atoms with Crippen LogP contribution in [0.1, 0.15) is 30.9 Å². The highest BCUT2D eigenvalue weighted by Crippen LogP contribution is 2.39. The van der Waals surface area contributed by atoms with Crippen LogP contribution in [0.3, 0.4) is 0 Å². The standard InChI is InChI=1S/C31H26F3N3O5/c1-2-39-31(38)37-17-22-11-7-6-10-21(22)15-25(37)42-28-26(32)29(34)36-30(27(28)33)41-24-14-20(16-35)12-13-23(24)40-18-19-8-4-3-5-9-19/h3-9,11-14,21,25H,2,10,15,17-18H2,1H3. The predicted octanol–water partition coefficient (Wildman–Crippen LogP) is 6.81. The molecule has 2 unspecified atom stereocenters. The molecule has 8 nitrogen and oxygen atoms in total. The van der Waals surface area contributed by atoms with Crippen LogP contribution >= 0.6 is 0 Å². The van der Waals surface area contributed by atoms with Gasteiger partial charge in [-0.15, -0.1) is 0 Å². The van der Waals surface area contributed by atoms with Crippen molar-refractivity contribution >= 4 is 6.09 Å². The van der Waals surface area contributed by atoms with E-state index in [0.29, 0.717) is 6.42 Å². The molecule has 3 aromatic rings. The number of nitriles is 1. The maximum absolute atomic E-state index is 15.7. The van der Waals surface area contributed by atoms with Gasteiger partial charge in [-0.1, -0.05) is 48.6 Å². The molecule has 5 rings (SSSR count). The normalized spacial score (nSPS) is 17.5. The van der Waals surface area contributed by atoms with Crippen LogP contribution in [0.15, 0.2) is 72.3 Å². The molecule has 1 amide bonds. The number of halogens is 3. The van der Waals surface area contributed by atoms with Crippen LogP contribution in [0.5, 0.6) is 23.1 Å². The Morgan fingerprint density at radius 3 is 2.69 bits per heavy atom. The molecule has 1 aromatic heterocycles. The van der Waals surface area contributed by atoms with Gasteiger partial charge >= 0.3 is 6.09 Å². The largest absolute Gasteiger partial charge is 0.485 e. The van der Waals surface area contributed by atoms with Gasteiger partial charge in [-0.05, 0) is 42.5 Å². The summed E-state index contributed by atoms with van der Waals surface area (Å²) in [6.07, 6.45) is 4.62. The fourth-order valence-electron chi connectivity index (χ4n) is 4.72. The summed E-state index contributed by atoms with van der Waals surface area (Å²) in [5.74, 6) is -6.91. The first-order chi connectivity index (χ1) is 20.4. The van der Waals surface area contributed by atoms with E-state index in [0.717, 1.165) is 11.1 Å². The Hall–Kier alpha value is -4.98. The van der Waals surface area contributed by atoms with Crippen LogP contribution in [0.2, 0.25) is 0 Å². The van der Waals surface area contributed by atoms with Gasteiger partial charge in [0.2, 0.25) is 17.4 Å². The Bertz CT molecular complexity index is 1570. The molecule has 216 valence electrons. The van der Waals surface area contributed by atoms with Crippen LogP contribution < -0.4 is 14.2 Å². The van der Waals surface area contributed by atoms with Gasteiger partial charge in [0.25, 0.3) is 11.8 Å². The minimum absolute atomic E-state index is 0.0442. The number of amides is 1. The van der Waals surface area contributed by atoms with E-state index in [1.807, 2.05) is 54.6 Å². The molecule has 0 bridgehead atoms. The lowest BCUT2D eigenvalue weighted by Crippen LogP contribution is -2.50. The Labute approximate surface area is 240 Å². The van der Waals surface area contributed by atoms with Crippen molar-refractivity contribution in [2.45, 2.75) is 32.6 Å². The number of allylic oxidation sites excluding steroid dienone is 3. The van der Waals surface area contributed by atoms with Crippen LogP contribution in [0, 0.1) is 34.8 Å². The Kier molecular flexibility index (Phi) is 8.62. The SMILES string of the molecule is CCOC(=O)N1CC2=CC=CCC2CC1Oc1c(F)c(F)nc(Oc2cc(C#N)ccc2OCc2ccccc2)c1F. The second-order valence-electron chi connectivity index (χ2n) is 9.55. The van der Waals surface area contributed by atoms with Crippen molar-refractivity contribution in [2.24, 2.45) is 5.92 Å². The number of ether oxygens (including phenoxy) is 4. The fraction of sp³-hybridized carbons (Fsp3) is 0.258. The average molecular weight is 578 g/mol. The third-order valence-corrected chi connectivity index (χ3v) is 6.82. The second kappa shape index (κ2) is 12.7. The van der Waals surface area contributed by atoms with Crippen molar-refractivity contribution in [1.82, 2.24) is 9.88 Å². The molecule has 0 saturated carbocycles. The van der Waals surface area contributed by atoms with Gasteiger partial charge in [0.15, 0.2) is 17.7 Å². The van der Waals surface area contributed by atoms with E-state index in [-0.39, 0.29) is 49.2 Å². The van der Waals surface area contributed by atoms with E-state index in [1.54, 1.807) is 6.92 Å². The van der Waals surface area contributed by atoms with Crippen LogP contribution in [0.4, 0.5) is 18.0 Å². The summed E-state index contributed by atoms with van der Waals surface area (Å²) in [6.45, 7) is 1.93. The van der Waals surface area contributed by atoms with Crippen molar-refractivity contribution in [3.8, 4) is 29.2 Å². The van der Waals surface area contributed by atoms with Crippen LogP contribution in [0.25, 0.3) is 0 Å². The van der Waals surface area contributed by atoms with Crippen molar-refractivity contribution in [3.05, 3.63) is 101 Å². The molecule has 2 aliphatic rings. The number of nitrogens with zero attached hydrogens (tertiary/aromatic N) is 3. The first-order valence-corrected chi connectivity index (χ1v) is 13.3. The summed E-state index contributed by atoms with van der Waals surface area (Å²) in [7, 11) is 0. The maximum atomic E-state index is 15.7. The molecule has 2 heterocycles. The zero-order valence-corrected chi connectivity index (χ0v) is 22.6. The molecule has 11 heteroatoms. The van der Waals surface area contributed by atoms with E-state index >= 15 is 4.39 Å². The molecular weight excluding hydrogens is 551 g/mol. The first kappa shape index (κ1) is 28.5. The maximum Gasteiger partial charge on any atom is 0.412 e. The third kappa shape index (κ3) is 6.17. The number of rotatable bonds is 8. The van der Waals surface area contributed by atoms with Crippen LogP contribution in [-0.2, 0) is 11.3 Å². The summed E-state index contributed by atoms with van der Waals surface area (Å²) in [5.41, 5.74) is 1.91. The molecule has 2 atom stereocenters. The Balaban J connectivity index is 1.45. The van der Waals surface area contributed by atoms with Gasteiger partial charge in [-0.25, -0.2) is 4.79 Å². The fourth-order valence-corrected chi connectivity index (χ4v) is 4.72. The summed E-state index contributed by atoms with van der Waals surface area (Å²) in [5, 5.41) is 9.36. The number of fused-ring (bicyclic) bond motifs is 1. The lowest BCUT2D eigenvalue weighted by molar-refractivity contribution is -0.00942. The number of carbonyl (C=O) groups excluding carboxylic acids is 1. The topological polar surface area (TPSA) is 93.9 Å². The molecule has 2 aromatic carbocycles. The zero-order valence-electron chi connectivity index (χ0n) is 22.6. The highest BCUT2D eigenvalue weighted by Gasteiger charge is 2.38. The highest BCUT2D eigenvalue weighted by atomic mass is 19.2. The third-order valence-electron chi connectivity index (χ3n) is 6.82. The van der Waals surface area contributed by atoms with Crippen molar-refractivity contribution < 1.29 is 36.9 Å². The van der Waals surface area contributed by atoms with Gasteiger partial charge in [-0.3, -0.25) is 4.90 Å². The number of pyridine rings is 1. The van der Waals surface area contributed by atoms with E-state index in [1.165, 1.54) is 23.1 Å². The van der Waals surface area contributed by atoms with Gasteiger partial charge in [0.1, 0.15) is 6.61 Å². The monoisotopic (exact) mass is 577 g/mol. The Morgan fingerprint density at radius 1 is 1.12 bits per heavy atom. The number of hydrogen-bond donors (Lipinski definition) is 0. The molecular formula is C31H26F3N3O5. The Morgan fingerprint density at radius 2 is 1.93 bits per heavy atom.